The Labute approximate surface area is 77.2 Å². The first-order chi connectivity index (χ1) is 6.23. The highest BCUT2D eigenvalue weighted by Gasteiger charge is 2.46. The number of nitrogens with zero attached hydrogens (tertiary/aromatic N) is 1. The molecule has 1 saturated carbocycles. The van der Waals surface area contributed by atoms with Crippen LogP contribution in [0.15, 0.2) is 24.4 Å². The van der Waals surface area contributed by atoms with E-state index >= 15 is 0 Å². The predicted molar refractivity (Wildman–Crippen MR) is 49.0 cm³/mol. The summed E-state index contributed by atoms with van der Waals surface area (Å²) >= 11 is 0. The fraction of sp³-hybridized carbons (Fsp3) is 0.400. The first-order valence-electron chi connectivity index (χ1n) is 4.43. The summed E-state index contributed by atoms with van der Waals surface area (Å²) in [6.07, 6.45) is 3.77. The average molecular weight is 176 g/mol. The van der Waals surface area contributed by atoms with Crippen LogP contribution in [0.25, 0.3) is 0 Å². The van der Waals surface area contributed by atoms with Gasteiger partial charge in [0.15, 0.2) is 0 Å². The fourth-order valence-electron chi connectivity index (χ4n) is 1.55. The summed E-state index contributed by atoms with van der Waals surface area (Å²) in [5.41, 5.74) is 0.831. The second-order valence-corrected chi connectivity index (χ2v) is 3.48. The molecule has 1 heterocycles. The Morgan fingerprint density at radius 3 is 2.77 bits per heavy atom. The molecule has 0 unspecified atom stereocenters. The molecule has 1 N–H and O–H groups in total. The van der Waals surface area contributed by atoms with Crippen molar-refractivity contribution < 1.29 is 4.79 Å². The first kappa shape index (κ1) is 8.23. The maximum atomic E-state index is 10.9. The Morgan fingerprint density at radius 2 is 2.31 bits per heavy atom. The van der Waals surface area contributed by atoms with Gasteiger partial charge in [-0.25, -0.2) is 0 Å². The number of aromatic nitrogens is 1. The zero-order valence-electron chi connectivity index (χ0n) is 7.58. The van der Waals surface area contributed by atoms with E-state index in [1.54, 1.807) is 13.1 Å². The third-order valence-electron chi connectivity index (χ3n) is 2.32. The Balaban J connectivity index is 2.21. The number of hydrogen-bond acceptors (Lipinski definition) is 2. The zero-order valence-corrected chi connectivity index (χ0v) is 7.58. The Hall–Kier alpha value is -1.38. The summed E-state index contributed by atoms with van der Waals surface area (Å²) in [4.78, 5) is 15.2. The van der Waals surface area contributed by atoms with Gasteiger partial charge in [0.1, 0.15) is 0 Å². The molecule has 1 amide bonds. The van der Waals surface area contributed by atoms with E-state index in [4.69, 9.17) is 0 Å². The SMILES string of the molecule is CC(=O)NC1(c2ccccn2)CC1. The minimum absolute atomic E-state index is 0.0168. The number of amides is 1. The predicted octanol–water partition coefficient (Wildman–Crippen LogP) is 1.21. The van der Waals surface area contributed by atoms with Gasteiger partial charge in [-0.1, -0.05) is 6.07 Å². The summed E-state index contributed by atoms with van der Waals surface area (Å²) in [6.45, 7) is 1.54. The van der Waals surface area contributed by atoms with E-state index in [-0.39, 0.29) is 11.4 Å². The molecular formula is C10H12N2O. The minimum atomic E-state index is -0.146. The molecule has 3 nitrogen and oxygen atoms in total. The van der Waals surface area contributed by atoms with Crippen molar-refractivity contribution in [2.75, 3.05) is 0 Å². The average Bonchev–Trinajstić information content (AvgIpc) is 2.86. The second-order valence-electron chi connectivity index (χ2n) is 3.48. The lowest BCUT2D eigenvalue weighted by molar-refractivity contribution is -0.120. The Bertz CT molecular complexity index is 317. The van der Waals surface area contributed by atoms with Gasteiger partial charge in [0.25, 0.3) is 0 Å². The highest BCUT2D eigenvalue weighted by atomic mass is 16.1. The van der Waals surface area contributed by atoms with Crippen LogP contribution in [-0.2, 0) is 10.3 Å². The molecule has 0 spiro atoms. The minimum Gasteiger partial charge on any atom is -0.345 e. The van der Waals surface area contributed by atoms with Crippen LogP contribution in [0.5, 0.6) is 0 Å². The van der Waals surface area contributed by atoms with E-state index in [1.807, 2.05) is 18.2 Å². The second kappa shape index (κ2) is 2.83. The normalized spacial score (nSPS) is 17.9. The first-order valence-corrected chi connectivity index (χ1v) is 4.43. The molecule has 1 aromatic rings. The van der Waals surface area contributed by atoms with Crippen molar-refractivity contribution in [1.29, 1.82) is 0 Å². The lowest BCUT2D eigenvalue weighted by Gasteiger charge is -2.14. The van der Waals surface area contributed by atoms with Crippen molar-refractivity contribution >= 4 is 5.91 Å². The number of carbonyl (C=O) groups is 1. The van der Waals surface area contributed by atoms with Crippen LogP contribution in [0.4, 0.5) is 0 Å². The monoisotopic (exact) mass is 176 g/mol. The third kappa shape index (κ3) is 1.54. The van der Waals surface area contributed by atoms with E-state index in [2.05, 4.69) is 10.3 Å². The van der Waals surface area contributed by atoms with Gasteiger partial charge in [0, 0.05) is 13.1 Å². The summed E-state index contributed by atoms with van der Waals surface area (Å²) in [5, 5.41) is 2.95. The third-order valence-corrected chi connectivity index (χ3v) is 2.32. The standard InChI is InChI=1S/C10H12N2O/c1-8(13)12-10(5-6-10)9-4-2-3-7-11-9/h2-4,7H,5-6H2,1H3,(H,12,13). The summed E-state index contributed by atoms with van der Waals surface area (Å²) in [5.74, 6) is 0.0168. The van der Waals surface area contributed by atoms with Gasteiger partial charge in [-0.3, -0.25) is 9.78 Å². The van der Waals surface area contributed by atoms with E-state index < -0.39 is 0 Å². The molecule has 0 saturated heterocycles. The van der Waals surface area contributed by atoms with Crippen LogP contribution >= 0.6 is 0 Å². The highest BCUT2D eigenvalue weighted by Crippen LogP contribution is 2.44. The highest BCUT2D eigenvalue weighted by molar-refractivity contribution is 5.74. The van der Waals surface area contributed by atoms with E-state index in [1.165, 1.54) is 0 Å². The van der Waals surface area contributed by atoms with Crippen LogP contribution < -0.4 is 5.32 Å². The van der Waals surface area contributed by atoms with Crippen molar-refractivity contribution in [3.8, 4) is 0 Å². The topological polar surface area (TPSA) is 42.0 Å². The van der Waals surface area contributed by atoms with Crippen LogP contribution in [0.2, 0.25) is 0 Å². The maximum Gasteiger partial charge on any atom is 0.217 e. The molecule has 1 aliphatic carbocycles. The summed E-state index contributed by atoms with van der Waals surface area (Å²) in [6, 6.07) is 5.79. The number of pyridine rings is 1. The molecule has 3 heteroatoms. The number of carbonyl (C=O) groups excluding carboxylic acids is 1. The molecule has 0 aromatic carbocycles. The van der Waals surface area contributed by atoms with Gasteiger partial charge in [-0.05, 0) is 25.0 Å². The van der Waals surface area contributed by atoms with E-state index in [0.717, 1.165) is 18.5 Å². The number of rotatable bonds is 2. The van der Waals surface area contributed by atoms with Gasteiger partial charge in [-0.15, -0.1) is 0 Å². The summed E-state index contributed by atoms with van der Waals surface area (Å²) in [7, 11) is 0. The van der Waals surface area contributed by atoms with Crippen LogP contribution in [0.3, 0.4) is 0 Å². The number of hydrogen-bond donors (Lipinski definition) is 1. The molecular weight excluding hydrogens is 164 g/mol. The molecule has 68 valence electrons. The Kier molecular flexibility index (Phi) is 1.79. The van der Waals surface area contributed by atoms with Gasteiger partial charge >= 0.3 is 0 Å². The molecule has 13 heavy (non-hydrogen) atoms. The Morgan fingerprint density at radius 1 is 1.54 bits per heavy atom. The maximum absolute atomic E-state index is 10.9. The van der Waals surface area contributed by atoms with Crippen molar-refractivity contribution in [2.24, 2.45) is 0 Å². The molecule has 1 aliphatic rings. The van der Waals surface area contributed by atoms with Gasteiger partial charge in [-0.2, -0.15) is 0 Å². The van der Waals surface area contributed by atoms with Crippen LogP contribution in [-0.4, -0.2) is 10.9 Å². The largest absolute Gasteiger partial charge is 0.345 e. The van der Waals surface area contributed by atoms with E-state index in [9.17, 15) is 4.79 Å². The van der Waals surface area contributed by atoms with Gasteiger partial charge in [0.2, 0.25) is 5.91 Å². The quantitative estimate of drug-likeness (QED) is 0.735. The number of nitrogens with one attached hydrogen (secondary N) is 1. The lowest BCUT2D eigenvalue weighted by atomic mass is 10.1. The van der Waals surface area contributed by atoms with Gasteiger partial charge < -0.3 is 5.32 Å². The molecule has 0 atom stereocenters. The molecule has 0 aliphatic heterocycles. The van der Waals surface area contributed by atoms with Crippen molar-refractivity contribution in [1.82, 2.24) is 10.3 Å². The molecule has 0 bridgehead atoms. The lowest BCUT2D eigenvalue weighted by Crippen LogP contribution is -2.33. The zero-order chi connectivity index (χ0) is 9.31. The molecule has 2 rings (SSSR count). The van der Waals surface area contributed by atoms with Crippen LogP contribution in [0, 0.1) is 0 Å². The molecule has 1 aromatic heterocycles. The van der Waals surface area contributed by atoms with Crippen molar-refractivity contribution in [3.63, 3.8) is 0 Å². The molecule has 0 radical (unpaired) electrons. The van der Waals surface area contributed by atoms with Gasteiger partial charge in [0.05, 0.1) is 11.2 Å². The van der Waals surface area contributed by atoms with Crippen molar-refractivity contribution in [3.05, 3.63) is 30.1 Å². The van der Waals surface area contributed by atoms with Crippen molar-refractivity contribution in [2.45, 2.75) is 25.3 Å². The summed E-state index contributed by atoms with van der Waals surface area (Å²) < 4.78 is 0. The fourth-order valence-corrected chi connectivity index (χ4v) is 1.55. The van der Waals surface area contributed by atoms with E-state index in [0.29, 0.717) is 0 Å². The van der Waals surface area contributed by atoms with Crippen LogP contribution in [0.1, 0.15) is 25.5 Å². The molecule has 1 fully saturated rings. The smallest absolute Gasteiger partial charge is 0.217 e.